The van der Waals surface area contributed by atoms with Crippen LogP contribution in [-0.2, 0) is 22.6 Å². The molecule has 1 saturated heterocycles. The smallest absolute Gasteiger partial charge is 0.251 e. The summed E-state index contributed by atoms with van der Waals surface area (Å²) in [6.07, 6.45) is 2.51. The predicted molar refractivity (Wildman–Crippen MR) is 204 cm³/mol. The van der Waals surface area contributed by atoms with Gasteiger partial charge in [0.25, 0.3) is 5.91 Å². The van der Waals surface area contributed by atoms with Crippen molar-refractivity contribution >= 4 is 11.8 Å². The van der Waals surface area contributed by atoms with Gasteiger partial charge in [-0.1, -0.05) is 39.0 Å². The number of ether oxygens (including phenoxy) is 1. The third-order valence-corrected chi connectivity index (χ3v) is 12.3. The van der Waals surface area contributed by atoms with E-state index in [2.05, 4.69) is 36.4 Å². The van der Waals surface area contributed by atoms with Crippen LogP contribution >= 0.6 is 0 Å². The van der Waals surface area contributed by atoms with Crippen molar-refractivity contribution < 1.29 is 33.8 Å². The van der Waals surface area contributed by atoms with Crippen LogP contribution in [0, 0.1) is 34.9 Å². The number of nitrogens with one attached hydrogen (secondary N) is 2. The first-order valence-corrected chi connectivity index (χ1v) is 19.1. The Kier molecular flexibility index (Phi) is 12.1. The maximum Gasteiger partial charge on any atom is 0.251 e. The summed E-state index contributed by atoms with van der Waals surface area (Å²) in [6, 6.07) is 14.2. The lowest BCUT2D eigenvalue weighted by Crippen LogP contribution is -2.62. The summed E-state index contributed by atoms with van der Waals surface area (Å²) in [4.78, 5) is 40.4. The Balaban J connectivity index is 1.25. The molecule has 292 valence electrons. The largest absolute Gasteiger partial charge is 0.496 e. The van der Waals surface area contributed by atoms with E-state index in [0.29, 0.717) is 52.8 Å². The fourth-order valence-electron chi connectivity index (χ4n) is 9.35. The number of aromatic nitrogens is 1. The molecule has 0 unspecified atom stereocenters. The maximum atomic E-state index is 15.6. The molecule has 2 heterocycles. The van der Waals surface area contributed by atoms with E-state index in [9.17, 15) is 19.8 Å². The van der Waals surface area contributed by atoms with Crippen LogP contribution < -0.4 is 15.4 Å². The number of pyridine rings is 1. The minimum absolute atomic E-state index is 0.0214. The van der Waals surface area contributed by atoms with Crippen LogP contribution in [0.3, 0.4) is 0 Å². The van der Waals surface area contributed by atoms with Crippen LogP contribution in [0.15, 0.2) is 60.8 Å². The number of carbonyl (C=O) groups excluding carboxylic acids is 2. The normalized spacial score (nSPS) is 27.2. The van der Waals surface area contributed by atoms with Crippen molar-refractivity contribution in [3.8, 4) is 16.9 Å². The number of rotatable bonds is 14. The Morgan fingerprint density at radius 1 is 1.15 bits per heavy atom. The van der Waals surface area contributed by atoms with Crippen LogP contribution in [-0.4, -0.2) is 102 Å². The van der Waals surface area contributed by atoms with Gasteiger partial charge in [-0.15, -0.1) is 0 Å². The molecule has 3 saturated carbocycles. The van der Waals surface area contributed by atoms with Gasteiger partial charge in [0, 0.05) is 59.5 Å². The molecule has 1 aliphatic heterocycles. The number of amides is 2. The van der Waals surface area contributed by atoms with E-state index in [1.807, 2.05) is 37.2 Å². The van der Waals surface area contributed by atoms with Crippen molar-refractivity contribution in [2.75, 3.05) is 34.4 Å². The number of benzene rings is 2. The van der Waals surface area contributed by atoms with Crippen LogP contribution in [0.1, 0.15) is 62.2 Å². The lowest BCUT2D eigenvalue weighted by molar-refractivity contribution is -0.183. The second kappa shape index (κ2) is 16.4. The van der Waals surface area contributed by atoms with Crippen molar-refractivity contribution in [2.45, 2.75) is 83.8 Å². The molecule has 0 radical (unpaired) electrons. The molecule has 3 aromatic rings. The number of methoxy groups -OCH3 is 1. The molecule has 2 amide bonds. The molecule has 0 spiro atoms. The summed E-state index contributed by atoms with van der Waals surface area (Å²) in [5.74, 6) is -0.166. The van der Waals surface area contributed by atoms with E-state index in [1.54, 1.807) is 37.4 Å². The zero-order valence-corrected chi connectivity index (χ0v) is 32.5. The number of fused-ring (bicyclic) bond motifs is 2. The second-order valence-electron chi connectivity index (χ2n) is 16.4. The predicted octanol–water partition coefficient (Wildman–Crippen LogP) is 4.46. The van der Waals surface area contributed by atoms with Crippen LogP contribution in [0.25, 0.3) is 11.1 Å². The topological polar surface area (TPSA) is 136 Å². The van der Waals surface area contributed by atoms with Crippen molar-refractivity contribution in [3.63, 3.8) is 0 Å². The van der Waals surface area contributed by atoms with Gasteiger partial charge in [-0.3, -0.25) is 19.4 Å². The Morgan fingerprint density at radius 2 is 1.93 bits per heavy atom. The Bertz CT molecular complexity index is 1790. The Morgan fingerprint density at radius 3 is 2.56 bits per heavy atom. The molecule has 54 heavy (non-hydrogen) atoms. The minimum Gasteiger partial charge on any atom is -0.496 e. The van der Waals surface area contributed by atoms with Gasteiger partial charge in [-0.05, 0) is 99.0 Å². The highest BCUT2D eigenvalue weighted by molar-refractivity contribution is 5.96. The number of hydrogen-bond donors (Lipinski definition) is 4. The van der Waals surface area contributed by atoms with Crippen molar-refractivity contribution in [1.29, 1.82) is 0 Å². The molecule has 2 aromatic carbocycles. The lowest BCUT2D eigenvalue weighted by Gasteiger charge is -2.62. The molecule has 7 rings (SSSR count). The molecule has 12 heteroatoms. The number of halogens is 1. The van der Waals surface area contributed by atoms with Gasteiger partial charge in [-0.25, -0.2) is 4.39 Å². The van der Waals surface area contributed by atoms with Gasteiger partial charge in [0.15, 0.2) is 0 Å². The number of likely N-dealkylation sites (N-methyl/N-ethyl adjacent to an activating group) is 1. The summed E-state index contributed by atoms with van der Waals surface area (Å²) in [5.41, 5.74) is 2.90. The third-order valence-electron chi connectivity index (χ3n) is 12.3. The van der Waals surface area contributed by atoms with E-state index >= 15 is 4.39 Å². The first-order chi connectivity index (χ1) is 25.7. The monoisotopic (exact) mass is 745 g/mol. The molecule has 9 atom stereocenters. The highest BCUT2D eigenvalue weighted by Crippen LogP contribution is 2.61. The first kappa shape index (κ1) is 39.7. The van der Waals surface area contributed by atoms with Crippen LogP contribution in [0.4, 0.5) is 4.39 Å². The number of hydroxylamine groups is 2. The zero-order chi connectivity index (χ0) is 38.9. The maximum absolute atomic E-state index is 15.6. The molecule has 4 aliphatic rings. The summed E-state index contributed by atoms with van der Waals surface area (Å²) in [7, 11) is 5.38. The van der Waals surface area contributed by atoms with Crippen molar-refractivity contribution in [2.24, 2.45) is 29.1 Å². The number of aliphatic hydroxyl groups is 2. The third kappa shape index (κ3) is 8.18. The molecule has 11 nitrogen and oxygen atoms in total. The molecule has 3 aliphatic carbocycles. The highest BCUT2D eigenvalue weighted by Gasteiger charge is 2.57. The van der Waals surface area contributed by atoms with E-state index < -0.39 is 36.6 Å². The summed E-state index contributed by atoms with van der Waals surface area (Å²) < 4.78 is 21.5. The highest BCUT2D eigenvalue weighted by atomic mass is 19.1. The Hall–Kier alpha value is -3.94. The average molecular weight is 746 g/mol. The molecule has 4 N–H and O–H groups in total. The quantitative estimate of drug-likeness (QED) is 0.189. The SMILES string of the molecule is COc1c(CN2O[C@@H](CO)[C@@H]([C@H](C)O)[C@H]2C(=O)N[C@H]2C[C@H]3C[C@@H]([C@@H]2C)C3(C)C)cc(F)cc1-c1cccc(C(=O)N[C@@H](Cc2ccccn2)CN(C)C)c1. The molecule has 4 fully saturated rings. The standard InChI is InChI=1S/C42H56FN5O6/c1-24-34-17-29(42(34,3)4)18-35(24)46-41(52)38-37(25(2)50)36(23-49)54-48(38)21-28-16-30(43)19-33(39(28)53-7)26-11-10-12-27(15-26)40(51)45-32(22-47(5)6)20-31-13-8-9-14-44-31/h8-16,19,24-25,29,32,34-38,49-50H,17-18,20-23H2,1-7H3,(H,45,51)(H,46,52)/t24-,25-,29+,32-,34-,35-,36-,37+,38-/m0/s1. The molecular formula is C42H56FN5O6. The van der Waals surface area contributed by atoms with Crippen molar-refractivity contribution in [1.82, 2.24) is 25.6 Å². The van der Waals surface area contributed by atoms with Crippen LogP contribution in [0.5, 0.6) is 5.75 Å². The molecular weight excluding hydrogens is 689 g/mol. The second-order valence-corrected chi connectivity index (χ2v) is 16.4. The number of hydrogen-bond acceptors (Lipinski definition) is 9. The number of nitrogens with zero attached hydrogens (tertiary/aromatic N) is 3. The van der Waals surface area contributed by atoms with Gasteiger partial charge in [0.05, 0.1) is 26.4 Å². The van der Waals surface area contributed by atoms with E-state index in [1.165, 1.54) is 30.7 Å². The van der Waals surface area contributed by atoms with E-state index in [-0.39, 0.29) is 41.8 Å². The van der Waals surface area contributed by atoms with Crippen molar-refractivity contribution in [3.05, 3.63) is 83.4 Å². The van der Waals surface area contributed by atoms with Crippen LogP contribution in [0.2, 0.25) is 0 Å². The fourth-order valence-corrected chi connectivity index (χ4v) is 9.35. The average Bonchev–Trinajstić information content (AvgIpc) is 3.50. The van der Waals surface area contributed by atoms with E-state index in [4.69, 9.17) is 9.57 Å². The van der Waals surface area contributed by atoms with E-state index in [0.717, 1.165) is 12.1 Å². The van der Waals surface area contributed by atoms with Gasteiger partial charge in [0.1, 0.15) is 23.7 Å². The zero-order valence-electron chi connectivity index (χ0n) is 32.5. The first-order valence-electron chi connectivity index (χ1n) is 19.1. The molecule has 1 aromatic heterocycles. The van der Waals surface area contributed by atoms with Gasteiger partial charge in [-0.2, -0.15) is 5.06 Å². The Labute approximate surface area is 318 Å². The van der Waals surface area contributed by atoms with Gasteiger partial charge < -0.3 is 30.5 Å². The summed E-state index contributed by atoms with van der Waals surface area (Å²) in [5, 5.41) is 29.1. The minimum atomic E-state index is -0.973. The van der Waals surface area contributed by atoms with Gasteiger partial charge >= 0.3 is 0 Å². The number of aliphatic hydroxyl groups excluding tert-OH is 2. The summed E-state index contributed by atoms with van der Waals surface area (Å²) in [6.45, 7) is 8.52. The number of carbonyl (C=O) groups is 2. The fraction of sp³-hybridized carbons (Fsp3) is 0.548. The van der Waals surface area contributed by atoms with Gasteiger partial charge in [0.2, 0.25) is 5.91 Å². The molecule has 2 bridgehead atoms. The summed E-state index contributed by atoms with van der Waals surface area (Å²) >= 11 is 0. The lowest BCUT2D eigenvalue weighted by atomic mass is 9.45.